The Morgan fingerprint density at radius 3 is 2.78 bits per heavy atom. The summed E-state index contributed by atoms with van der Waals surface area (Å²) in [6, 6.07) is 10.6. The van der Waals surface area contributed by atoms with E-state index in [4.69, 9.17) is 0 Å². The third-order valence-corrected chi connectivity index (χ3v) is 6.36. The number of fused-ring (bicyclic) bond motifs is 1. The van der Waals surface area contributed by atoms with Gasteiger partial charge in [0.05, 0.1) is 6.54 Å². The molecule has 1 aliphatic carbocycles. The van der Waals surface area contributed by atoms with Crippen LogP contribution in [0.4, 0.5) is 5.69 Å². The van der Waals surface area contributed by atoms with E-state index in [1.165, 1.54) is 23.3 Å². The number of thiophene rings is 1. The SMILES string of the molecule is O=C(C[NH+]1CCc2sccc2[C@H]1C1CC1)Nc1ccc(Br)cc1. The minimum Gasteiger partial charge on any atom is -0.321 e. The molecular weight excluding hydrogens is 372 g/mol. The normalized spacial score (nSPS) is 23.3. The number of carbonyl (C=O) groups excluding carboxylic acids is 1. The lowest BCUT2D eigenvalue weighted by molar-refractivity contribution is -0.928. The predicted molar refractivity (Wildman–Crippen MR) is 97.0 cm³/mol. The summed E-state index contributed by atoms with van der Waals surface area (Å²) in [5.41, 5.74) is 2.38. The van der Waals surface area contributed by atoms with Gasteiger partial charge in [-0.1, -0.05) is 15.9 Å². The van der Waals surface area contributed by atoms with Gasteiger partial charge >= 0.3 is 0 Å². The Morgan fingerprint density at radius 1 is 1.26 bits per heavy atom. The molecule has 2 aliphatic rings. The van der Waals surface area contributed by atoms with E-state index < -0.39 is 0 Å². The van der Waals surface area contributed by atoms with E-state index in [0.29, 0.717) is 12.6 Å². The summed E-state index contributed by atoms with van der Waals surface area (Å²) in [7, 11) is 0. The zero-order chi connectivity index (χ0) is 15.8. The van der Waals surface area contributed by atoms with Gasteiger partial charge < -0.3 is 10.2 Å². The number of halogens is 1. The highest BCUT2D eigenvalue weighted by molar-refractivity contribution is 9.10. The van der Waals surface area contributed by atoms with Crippen LogP contribution in [0.2, 0.25) is 0 Å². The molecule has 4 rings (SSSR count). The third-order valence-electron chi connectivity index (χ3n) is 4.84. The molecule has 0 bridgehead atoms. The third kappa shape index (κ3) is 3.37. The highest BCUT2D eigenvalue weighted by atomic mass is 79.9. The predicted octanol–water partition coefficient (Wildman–Crippen LogP) is 3.04. The molecule has 1 unspecified atom stereocenters. The van der Waals surface area contributed by atoms with E-state index in [-0.39, 0.29) is 5.91 Å². The first-order valence-corrected chi connectivity index (χ1v) is 9.84. The summed E-state index contributed by atoms with van der Waals surface area (Å²) < 4.78 is 1.02. The van der Waals surface area contributed by atoms with Crippen LogP contribution in [0.15, 0.2) is 40.2 Å². The summed E-state index contributed by atoms with van der Waals surface area (Å²) in [5, 5.41) is 5.25. The highest BCUT2D eigenvalue weighted by Gasteiger charge is 2.43. The summed E-state index contributed by atoms with van der Waals surface area (Å²) >= 11 is 5.30. The van der Waals surface area contributed by atoms with Crippen molar-refractivity contribution < 1.29 is 9.69 Å². The number of hydrogen-bond acceptors (Lipinski definition) is 2. The first kappa shape index (κ1) is 15.4. The summed E-state index contributed by atoms with van der Waals surface area (Å²) in [4.78, 5) is 15.4. The molecule has 1 aromatic carbocycles. The van der Waals surface area contributed by atoms with E-state index >= 15 is 0 Å². The fourth-order valence-corrected chi connectivity index (χ4v) is 4.83. The molecule has 2 aromatic rings. The first-order valence-electron chi connectivity index (χ1n) is 8.17. The zero-order valence-electron chi connectivity index (χ0n) is 12.8. The minimum absolute atomic E-state index is 0.117. The molecule has 1 aromatic heterocycles. The van der Waals surface area contributed by atoms with Crippen molar-refractivity contribution in [3.05, 3.63) is 50.6 Å². The molecule has 2 atom stereocenters. The topological polar surface area (TPSA) is 33.5 Å². The molecule has 1 fully saturated rings. The molecule has 3 nitrogen and oxygen atoms in total. The van der Waals surface area contributed by atoms with E-state index in [0.717, 1.165) is 29.0 Å². The van der Waals surface area contributed by atoms with Gasteiger partial charge in [0.2, 0.25) is 0 Å². The standard InChI is InChI=1S/C18H19BrN2OS/c19-13-3-5-14(6-4-13)20-17(22)11-21-9-7-16-15(8-10-23-16)18(21)12-1-2-12/h3-6,8,10,12,18H,1-2,7,9,11H2,(H,20,22)/p+1/t18-/m1/s1. The summed E-state index contributed by atoms with van der Waals surface area (Å²) in [5.74, 6) is 0.894. The van der Waals surface area contributed by atoms with E-state index in [9.17, 15) is 4.79 Å². The second-order valence-corrected chi connectivity index (χ2v) is 8.42. The van der Waals surface area contributed by atoms with Crippen molar-refractivity contribution in [2.45, 2.75) is 25.3 Å². The van der Waals surface area contributed by atoms with Gasteiger partial charge in [-0.2, -0.15) is 0 Å². The van der Waals surface area contributed by atoms with Gasteiger partial charge in [0, 0.05) is 32.9 Å². The highest BCUT2D eigenvalue weighted by Crippen LogP contribution is 2.42. The molecule has 23 heavy (non-hydrogen) atoms. The molecule has 1 aliphatic heterocycles. The molecule has 0 spiro atoms. The molecule has 2 N–H and O–H groups in total. The maximum Gasteiger partial charge on any atom is 0.279 e. The van der Waals surface area contributed by atoms with Crippen LogP contribution in [0.5, 0.6) is 0 Å². The number of rotatable bonds is 4. The number of carbonyl (C=O) groups is 1. The maximum absolute atomic E-state index is 12.5. The Hall–Kier alpha value is -1.17. The fourth-order valence-electron chi connectivity index (χ4n) is 3.64. The Kier molecular flexibility index (Phi) is 4.26. The summed E-state index contributed by atoms with van der Waals surface area (Å²) in [6.07, 6.45) is 3.74. The average Bonchev–Trinajstić information content (AvgIpc) is 3.26. The number of benzene rings is 1. The Labute approximate surface area is 148 Å². The lowest BCUT2D eigenvalue weighted by Gasteiger charge is -2.32. The number of hydrogen-bond donors (Lipinski definition) is 2. The van der Waals surface area contributed by atoms with E-state index in [1.54, 1.807) is 4.88 Å². The van der Waals surface area contributed by atoms with Crippen molar-refractivity contribution >= 4 is 38.9 Å². The molecule has 120 valence electrons. The van der Waals surface area contributed by atoms with Crippen molar-refractivity contribution in [3.8, 4) is 0 Å². The smallest absolute Gasteiger partial charge is 0.279 e. The molecule has 2 heterocycles. The van der Waals surface area contributed by atoms with Crippen molar-refractivity contribution in [2.75, 3.05) is 18.4 Å². The van der Waals surface area contributed by atoms with Gasteiger partial charge in [-0.15, -0.1) is 11.3 Å². The number of nitrogens with one attached hydrogen (secondary N) is 2. The minimum atomic E-state index is 0.117. The Morgan fingerprint density at radius 2 is 2.04 bits per heavy atom. The van der Waals surface area contributed by atoms with Crippen molar-refractivity contribution in [3.63, 3.8) is 0 Å². The molecule has 0 saturated heterocycles. The molecular formula is C18H20BrN2OS+. The molecule has 0 radical (unpaired) electrons. The van der Waals surface area contributed by atoms with Crippen molar-refractivity contribution in [2.24, 2.45) is 5.92 Å². The van der Waals surface area contributed by atoms with Crippen LogP contribution in [-0.2, 0) is 11.2 Å². The molecule has 1 amide bonds. The van der Waals surface area contributed by atoms with Crippen LogP contribution in [0.3, 0.4) is 0 Å². The quantitative estimate of drug-likeness (QED) is 0.824. The van der Waals surface area contributed by atoms with E-state index in [1.807, 2.05) is 35.6 Å². The fraction of sp³-hybridized carbons (Fsp3) is 0.389. The lowest BCUT2D eigenvalue weighted by Crippen LogP contribution is -3.14. The van der Waals surface area contributed by atoms with Crippen molar-refractivity contribution in [1.82, 2.24) is 0 Å². The Balaban J connectivity index is 1.45. The lowest BCUT2D eigenvalue weighted by atomic mass is 9.96. The number of amides is 1. The Bertz CT molecular complexity index is 708. The van der Waals surface area contributed by atoms with Gasteiger partial charge in [-0.3, -0.25) is 4.79 Å². The van der Waals surface area contributed by atoms with Crippen LogP contribution < -0.4 is 10.2 Å². The van der Waals surface area contributed by atoms with Crippen LogP contribution in [0, 0.1) is 5.92 Å². The van der Waals surface area contributed by atoms with Gasteiger partial charge in [-0.25, -0.2) is 0 Å². The van der Waals surface area contributed by atoms with Gasteiger partial charge in [-0.05, 0) is 48.6 Å². The maximum atomic E-state index is 12.5. The largest absolute Gasteiger partial charge is 0.321 e. The van der Waals surface area contributed by atoms with Crippen LogP contribution in [-0.4, -0.2) is 19.0 Å². The monoisotopic (exact) mass is 391 g/mol. The average molecular weight is 392 g/mol. The molecule has 5 heteroatoms. The first-order chi connectivity index (χ1) is 11.2. The van der Waals surface area contributed by atoms with Gasteiger partial charge in [0.1, 0.15) is 6.04 Å². The summed E-state index contributed by atoms with van der Waals surface area (Å²) in [6.45, 7) is 1.63. The number of quaternary nitrogens is 1. The van der Waals surface area contributed by atoms with Gasteiger partial charge in [0.25, 0.3) is 5.91 Å². The molecule has 1 saturated carbocycles. The second-order valence-electron chi connectivity index (χ2n) is 6.50. The van der Waals surface area contributed by atoms with Crippen LogP contribution >= 0.6 is 27.3 Å². The van der Waals surface area contributed by atoms with Gasteiger partial charge in [0.15, 0.2) is 6.54 Å². The second kappa shape index (κ2) is 6.38. The number of anilines is 1. The zero-order valence-corrected chi connectivity index (χ0v) is 15.3. The van der Waals surface area contributed by atoms with Crippen LogP contribution in [0.1, 0.15) is 29.3 Å². The van der Waals surface area contributed by atoms with Crippen LogP contribution in [0.25, 0.3) is 0 Å². The van der Waals surface area contributed by atoms with E-state index in [2.05, 4.69) is 32.7 Å². The van der Waals surface area contributed by atoms with Crippen molar-refractivity contribution in [1.29, 1.82) is 0 Å².